The first-order valence-corrected chi connectivity index (χ1v) is 2.48. The van der Waals surface area contributed by atoms with Gasteiger partial charge < -0.3 is 19.5 Å². The first-order chi connectivity index (χ1) is 4.06. The van der Waals surface area contributed by atoms with E-state index in [2.05, 4.69) is 0 Å². The van der Waals surface area contributed by atoms with Crippen LogP contribution in [0, 0.1) is 11.3 Å². The quantitative estimate of drug-likeness (QED) is 0.407. The number of aliphatic hydroxyl groups excluding tert-OH is 1. The standard InChI is InChI=1S/C3H6O3.ClO2.K/c1-2(4)3(5)6;2-1-3;/h2,4H,1H3,(H,5,6);;/q;-1;+1. The van der Waals surface area contributed by atoms with Crippen LogP contribution in [0.5, 0.6) is 0 Å². The second kappa shape index (κ2) is 12.9. The van der Waals surface area contributed by atoms with Gasteiger partial charge in [0.05, 0.1) is 11.3 Å². The molecule has 0 aliphatic carbocycles. The van der Waals surface area contributed by atoms with Crippen LogP contribution in [0.15, 0.2) is 0 Å². The predicted molar refractivity (Wildman–Crippen MR) is 19.3 cm³/mol. The van der Waals surface area contributed by atoms with Gasteiger partial charge in [0, 0.05) is 0 Å². The van der Waals surface area contributed by atoms with Gasteiger partial charge in [-0.25, -0.2) is 4.79 Å². The summed E-state index contributed by atoms with van der Waals surface area (Å²) in [6, 6.07) is 0. The van der Waals surface area contributed by atoms with E-state index in [1.54, 1.807) is 0 Å². The van der Waals surface area contributed by atoms with Crippen LogP contribution in [0.25, 0.3) is 0 Å². The number of rotatable bonds is 1. The molecule has 0 aromatic carbocycles. The number of hydrogen-bond donors (Lipinski definition) is 2. The van der Waals surface area contributed by atoms with Crippen molar-refractivity contribution in [1.82, 2.24) is 0 Å². The molecule has 0 saturated carbocycles. The number of halogens is 1. The number of aliphatic hydroxyl groups is 1. The van der Waals surface area contributed by atoms with Gasteiger partial charge in [-0.2, -0.15) is 0 Å². The molecule has 1 unspecified atom stereocenters. The molecule has 7 heteroatoms. The summed E-state index contributed by atoms with van der Waals surface area (Å²) >= 11 is -0.417. The van der Waals surface area contributed by atoms with Gasteiger partial charge in [-0.05, 0) is 6.92 Å². The summed E-state index contributed by atoms with van der Waals surface area (Å²) in [6.07, 6.45) is -1.23. The smallest absolute Gasteiger partial charge is 0.544 e. The number of aliphatic carboxylic acids is 1. The number of carbonyl (C=O) groups is 1. The van der Waals surface area contributed by atoms with Gasteiger partial charge in [-0.1, -0.05) is 0 Å². The fourth-order valence-corrected chi connectivity index (χ4v) is 0. The third-order valence-corrected chi connectivity index (χ3v) is 0.357. The summed E-state index contributed by atoms with van der Waals surface area (Å²) < 4.78 is 16.5. The molecule has 0 bridgehead atoms. The molecular weight excluding hydrogens is 191 g/mol. The van der Waals surface area contributed by atoms with Crippen LogP contribution in [0.3, 0.4) is 0 Å². The molecule has 0 aliphatic heterocycles. The Morgan fingerprint density at radius 1 is 1.60 bits per heavy atom. The minimum Gasteiger partial charge on any atom is -0.544 e. The van der Waals surface area contributed by atoms with E-state index in [4.69, 9.17) is 19.5 Å². The molecule has 0 amide bonds. The van der Waals surface area contributed by atoms with Gasteiger partial charge in [-0.3, -0.25) is 0 Å². The van der Waals surface area contributed by atoms with E-state index >= 15 is 0 Å². The van der Waals surface area contributed by atoms with E-state index < -0.39 is 23.4 Å². The maximum Gasteiger partial charge on any atom is 1.00 e. The van der Waals surface area contributed by atoms with Crippen LogP contribution in [0.4, 0.5) is 0 Å². The Labute approximate surface area is 105 Å². The Hall–Kier alpha value is 1.28. The zero-order valence-corrected chi connectivity index (χ0v) is 9.45. The summed E-state index contributed by atoms with van der Waals surface area (Å²) in [4.78, 5) is 9.45. The van der Waals surface area contributed by atoms with Crippen LogP contribution >= 0.6 is 0 Å². The van der Waals surface area contributed by atoms with Gasteiger partial charge in [0.25, 0.3) is 0 Å². The van der Waals surface area contributed by atoms with Crippen LogP contribution in [0.2, 0.25) is 0 Å². The summed E-state index contributed by atoms with van der Waals surface area (Å²) in [5, 5.41) is 15.8. The summed E-state index contributed by atoms with van der Waals surface area (Å²) in [7, 11) is 0. The van der Waals surface area contributed by atoms with E-state index in [1.807, 2.05) is 0 Å². The molecule has 0 fully saturated rings. The number of hydrogen-bond acceptors (Lipinski definition) is 4. The fraction of sp³-hybridized carbons (Fsp3) is 0.667. The Kier molecular flexibility index (Phi) is 22.4. The zero-order valence-electron chi connectivity index (χ0n) is 5.57. The van der Waals surface area contributed by atoms with Gasteiger partial charge in [0.15, 0.2) is 0 Å². The summed E-state index contributed by atoms with van der Waals surface area (Å²) in [6.45, 7) is 1.20. The minimum atomic E-state index is -1.23. The predicted octanol–water partition coefficient (Wildman–Crippen LogP) is -5.92. The molecule has 0 rings (SSSR count). The molecule has 0 aliphatic rings. The monoisotopic (exact) mass is 196 g/mol. The Morgan fingerprint density at radius 2 is 1.70 bits per heavy atom. The molecule has 0 aromatic heterocycles. The van der Waals surface area contributed by atoms with Crippen LogP contribution in [-0.2, 0) is 4.79 Å². The van der Waals surface area contributed by atoms with E-state index in [9.17, 15) is 4.79 Å². The van der Waals surface area contributed by atoms with Crippen molar-refractivity contribution in [2.45, 2.75) is 13.0 Å². The second-order valence-electron chi connectivity index (χ2n) is 1.08. The van der Waals surface area contributed by atoms with Crippen molar-refractivity contribution in [3.05, 3.63) is 0 Å². The third kappa shape index (κ3) is 22.8. The van der Waals surface area contributed by atoms with Crippen molar-refractivity contribution < 1.29 is 87.0 Å². The van der Waals surface area contributed by atoms with Gasteiger partial charge in [-0.15, -0.1) is 0 Å². The minimum absolute atomic E-state index is 0. The first-order valence-electron chi connectivity index (χ1n) is 1.86. The van der Waals surface area contributed by atoms with Crippen LogP contribution in [0.1, 0.15) is 6.92 Å². The van der Waals surface area contributed by atoms with Crippen LogP contribution < -0.4 is 60.7 Å². The molecule has 1 atom stereocenters. The Balaban J connectivity index is -0.000000107. The number of carboxylic acid groups (broad SMARTS) is 1. The third-order valence-electron chi connectivity index (χ3n) is 0.357. The largest absolute Gasteiger partial charge is 1.00 e. The molecule has 0 aromatic rings. The molecule has 0 saturated heterocycles. The van der Waals surface area contributed by atoms with E-state index in [0.29, 0.717) is 0 Å². The van der Waals surface area contributed by atoms with Crippen molar-refractivity contribution in [1.29, 1.82) is 0 Å². The molecule has 0 spiro atoms. The Bertz CT molecular complexity index is 77.3. The van der Waals surface area contributed by atoms with Crippen molar-refractivity contribution in [2.75, 3.05) is 0 Å². The van der Waals surface area contributed by atoms with Gasteiger partial charge >= 0.3 is 57.4 Å². The molecule has 56 valence electrons. The summed E-state index contributed by atoms with van der Waals surface area (Å²) in [5.41, 5.74) is 0. The second-order valence-corrected chi connectivity index (χ2v) is 1.20. The molecule has 10 heavy (non-hydrogen) atoms. The molecule has 0 radical (unpaired) electrons. The Morgan fingerprint density at radius 3 is 1.70 bits per heavy atom. The van der Waals surface area contributed by atoms with E-state index in [-0.39, 0.29) is 51.4 Å². The molecule has 2 N–H and O–H groups in total. The SMILES string of the molecule is CC(O)C(=O)O.[K+].[O-][Cl+][O-]. The van der Waals surface area contributed by atoms with E-state index in [1.165, 1.54) is 6.92 Å². The van der Waals surface area contributed by atoms with Gasteiger partial charge in [0.1, 0.15) is 6.10 Å². The van der Waals surface area contributed by atoms with Crippen molar-refractivity contribution in [3.63, 3.8) is 0 Å². The normalized spacial score (nSPS) is 10.0. The molecular formula is C3H6ClKO5. The zero-order chi connectivity index (χ0) is 7.86. The average molecular weight is 197 g/mol. The molecule has 0 heterocycles. The summed E-state index contributed by atoms with van der Waals surface area (Å²) in [5.74, 6) is -1.19. The maximum atomic E-state index is 9.45. The first kappa shape index (κ1) is 17.4. The van der Waals surface area contributed by atoms with Crippen molar-refractivity contribution >= 4 is 5.97 Å². The molecule has 5 nitrogen and oxygen atoms in total. The van der Waals surface area contributed by atoms with Crippen molar-refractivity contribution in [3.8, 4) is 0 Å². The fourth-order valence-electron chi connectivity index (χ4n) is 0. The average Bonchev–Trinajstić information content (AvgIpc) is 1.68. The topological polar surface area (TPSA) is 104 Å². The van der Waals surface area contributed by atoms with E-state index in [0.717, 1.165) is 0 Å². The number of carboxylic acids is 1. The van der Waals surface area contributed by atoms with Crippen molar-refractivity contribution in [2.24, 2.45) is 0 Å². The van der Waals surface area contributed by atoms with Crippen LogP contribution in [-0.4, -0.2) is 22.3 Å². The van der Waals surface area contributed by atoms with Gasteiger partial charge in [0.2, 0.25) is 0 Å². The maximum absolute atomic E-state index is 9.45.